The molecule has 1 aliphatic heterocycles. The molecule has 2 aromatic rings. The second-order valence-electron chi connectivity index (χ2n) is 6.71. The van der Waals surface area contributed by atoms with E-state index in [1.54, 1.807) is 12.1 Å². The Hall–Kier alpha value is -1.98. The smallest absolute Gasteiger partial charge is 0.365 e. The fraction of sp³-hybridized carbons (Fsp3) is 0.500. The lowest BCUT2D eigenvalue weighted by atomic mass is 9.89. The zero-order chi connectivity index (χ0) is 16.9. The van der Waals surface area contributed by atoms with Gasteiger partial charge in [-0.05, 0) is 42.9 Å². The molecule has 128 valence electrons. The van der Waals surface area contributed by atoms with Crippen molar-refractivity contribution in [2.45, 2.75) is 44.3 Å². The van der Waals surface area contributed by atoms with Crippen LogP contribution in [-0.2, 0) is 26.4 Å². The highest BCUT2D eigenvalue weighted by atomic mass is 19.4. The van der Waals surface area contributed by atoms with Gasteiger partial charge in [-0.1, -0.05) is 18.2 Å². The number of rotatable bonds is 2. The minimum absolute atomic E-state index is 0.112. The molecule has 0 radical (unpaired) electrons. The van der Waals surface area contributed by atoms with E-state index in [1.165, 1.54) is 5.56 Å². The van der Waals surface area contributed by atoms with Gasteiger partial charge in [0.25, 0.3) is 0 Å². The van der Waals surface area contributed by atoms with Gasteiger partial charge in [-0.25, -0.2) is 0 Å². The Balaban J connectivity index is 1.68. The summed E-state index contributed by atoms with van der Waals surface area (Å²) in [6.07, 6.45) is -0.913. The van der Waals surface area contributed by atoms with Crippen molar-refractivity contribution in [1.82, 2.24) is 9.78 Å². The molecule has 0 N–H and O–H groups in total. The number of nitrogens with zero attached hydrogens (tertiary/aromatic N) is 3. The number of aryl methyl sites for hydroxylation is 2. The Kier molecular flexibility index (Phi) is 3.58. The number of aromatic nitrogens is 2. The summed E-state index contributed by atoms with van der Waals surface area (Å²) in [6.45, 7) is 1.04. The van der Waals surface area contributed by atoms with E-state index >= 15 is 0 Å². The van der Waals surface area contributed by atoms with Crippen molar-refractivity contribution in [1.29, 1.82) is 0 Å². The minimum Gasteiger partial charge on any atom is -0.365 e. The van der Waals surface area contributed by atoms with E-state index in [0.717, 1.165) is 30.7 Å². The van der Waals surface area contributed by atoms with Gasteiger partial charge in [0.05, 0.1) is 23.9 Å². The van der Waals surface area contributed by atoms with Gasteiger partial charge < -0.3 is 4.90 Å². The van der Waals surface area contributed by atoms with Crippen LogP contribution in [0.4, 0.5) is 18.9 Å². The molecular formula is C18H20F3N3. The first-order valence-corrected chi connectivity index (χ1v) is 8.39. The maximum Gasteiger partial charge on any atom is 0.395 e. The number of halogens is 3. The number of para-hydroxylation sites is 1. The van der Waals surface area contributed by atoms with Crippen molar-refractivity contribution < 1.29 is 13.2 Å². The lowest BCUT2D eigenvalue weighted by molar-refractivity contribution is -0.152. The molecule has 1 unspecified atom stereocenters. The van der Waals surface area contributed by atoms with Crippen LogP contribution in [0, 0.1) is 0 Å². The summed E-state index contributed by atoms with van der Waals surface area (Å²) in [6, 6.07) is 6.94. The number of anilines is 1. The summed E-state index contributed by atoms with van der Waals surface area (Å²) in [5, 5.41) is 4.58. The average molecular weight is 335 g/mol. The third-order valence-corrected chi connectivity index (χ3v) is 5.27. The molecule has 0 fully saturated rings. The summed E-state index contributed by atoms with van der Waals surface area (Å²) in [5.41, 5.74) is 4.70. The normalized spacial score (nSPS) is 20.2. The molecule has 1 aromatic carbocycles. The van der Waals surface area contributed by atoms with Crippen LogP contribution in [0.3, 0.4) is 0 Å². The van der Waals surface area contributed by atoms with Crippen molar-refractivity contribution in [2.75, 3.05) is 11.4 Å². The maximum absolute atomic E-state index is 13.3. The summed E-state index contributed by atoms with van der Waals surface area (Å²) in [4.78, 5) is 2.08. The van der Waals surface area contributed by atoms with Crippen molar-refractivity contribution in [3.63, 3.8) is 0 Å². The molecule has 0 amide bonds. The van der Waals surface area contributed by atoms with E-state index in [9.17, 15) is 13.2 Å². The lowest BCUT2D eigenvalue weighted by Crippen LogP contribution is -2.36. The quantitative estimate of drug-likeness (QED) is 0.828. The Bertz CT molecular complexity index is 763. The van der Waals surface area contributed by atoms with Crippen LogP contribution in [0.25, 0.3) is 0 Å². The van der Waals surface area contributed by atoms with E-state index in [-0.39, 0.29) is 6.42 Å². The Morgan fingerprint density at radius 3 is 2.79 bits per heavy atom. The van der Waals surface area contributed by atoms with E-state index in [1.807, 2.05) is 23.9 Å². The van der Waals surface area contributed by atoms with E-state index in [0.29, 0.717) is 24.3 Å². The molecule has 0 spiro atoms. The molecule has 0 saturated heterocycles. The fourth-order valence-electron chi connectivity index (χ4n) is 4.10. The lowest BCUT2D eigenvalue weighted by Gasteiger charge is -2.36. The first kappa shape index (κ1) is 15.5. The first-order chi connectivity index (χ1) is 11.4. The molecular weight excluding hydrogens is 315 g/mol. The first-order valence-electron chi connectivity index (χ1n) is 8.39. The van der Waals surface area contributed by atoms with Crippen LogP contribution in [-0.4, -0.2) is 22.5 Å². The third kappa shape index (κ3) is 2.48. The van der Waals surface area contributed by atoms with Gasteiger partial charge in [0.15, 0.2) is 0 Å². The van der Waals surface area contributed by atoms with Gasteiger partial charge in [0.1, 0.15) is 0 Å². The van der Waals surface area contributed by atoms with Gasteiger partial charge in [0.2, 0.25) is 0 Å². The van der Waals surface area contributed by atoms with Gasteiger partial charge >= 0.3 is 6.18 Å². The average Bonchev–Trinajstić information content (AvgIpc) is 3.09. The van der Waals surface area contributed by atoms with E-state index in [4.69, 9.17) is 0 Å². The van der Waals surface area contributed by atoms with Crippen LogP contribution < -0.4 is 4.90 Å². The molecule has 0 saturated carbocycles. The maximum atomic E-state index is 13.3. The Morgan fingerprint density at radius 1 is 1.21 bits per heavy atom. The number of fused-ring (bicyclic) bond motifs is 2. The van der Waals surface area contributed by atoms with Crippen molar-refractivity contribution in [3.8, 4) is 0 Å². The molecule has 1 aliphatic carbocycles. The van der Waals surface area contributed by atoms with Gasteiger partial charge in [-0.2, -0.15) is 18.3 Å². The van der Waals surface area contributed by atoms with Crippen LogP contribution in [0.2, 0.25) is 0 Å². The number of benzene rings is 1. The van der Waals surface area contributed by atoms with Crippen molar-refractivity contribution in [3.05, 3.63) is 46.8 Å². The monoisotopic (exact) mass is 335 g/mol. The summed E-state index contributed by atoms with van der Waals surface area (Å²) in [5.74, 6) is -1.36. The molecule has 1 aromatic heterocycles. The standard InChI is InChI=1S/C18H20F3N3/c1-23-17(13-6-4-7-15(13)22-23)11-24-10-9-14(18(19,20)21)12-5-2-3-8-16(12)24/h2-3,5,8,14H,4,6-7,9-11H2,1H3. The molecule has 2 aliphatic rings. The van der Waals surface area contributed by atoms with Crippen LogP contribution >= 0.6 is 0 Å². The second-order valence-corrected chi connectivity index (χ2v) is 6.71. The van der Waals surface area contributed by atoms with E-state index < -0.39 is 12.1 Å². The Morgan fingerprint density at radius 2 is 2.00 bits per heavy atom. The van der Waals surface area contributed by atoms with Crippen LogP contribution in [0.1, 0.15) is 41.3 Å². The topological polar surface area (TPSA) is 21.1 Å². The van der Waals surface area contributed by atoms with Gasteiger partial charge in [-0.15, -0.1) is 0 Å². The number of hydrogen-bond acceptors (Lipinski definition) is 2. The number of hydrogen-bond donors (Lipinski definition) is 0. The molecule has 1 atom stereocenters. The SMILES string of the molecule is Cn1nc2c(c1CN1CCC(C(F)(F)F)c3ccccc31)CCC2. The molecule has 4 rings (SSSR count). The van der Waals surface area contributed by atoms with Gasteiger partial charge in [0, 0.05) is 19.3 Å². The summed E-state index contributed by atoms with van der Waals surface area (Å²) >= 11 is 0. The predicted octanol–water partition coefficient (Wildman–Crippen LogP) is 3.97. The largest absolute Gasteiger partial charge is 0.395 e. The molecule has 0 bridgehead atoms. The summed E-state index contributed by atoms with van der Waals surface area (Å²) in [7, 11) is 1.93. The molecule has 2 heterocycles. The van der Waals surface area contributed by atoms with Crippen LogP contribution in [0.5, 0.6) is 0 Å². The zero-order valence-corrected chi connectivity index (χ0v) is 13.6. The van der Waals surface area contributed by atoms with Crippen LogP contribution in [0.15, 0.2) is 24.3 Å². The summed E-state index contributed by atoms with van der Waals surface area (Å²) < 4.78 is 41.9. The van der Waals surface area contributed by atoms with Gasteiger partial charge in [-0.3, -0.25) is 4.68 Å². The highest BCUT2D eigenvalue weighted by Gasteiger charge is 2.44. The van der Waals surface area contributed by atoms with Crippen molar-refractivity contribution >= 4 is 5.69 Å². The van der Waals surface area contributed by atoms with E-state index in [2.05, 4.69) is 10.00 Å². The fourth-order valence-corrected chi connectivity index (χ4v) is 4.10. The molecule has 6 heteroatoms. The zero-order valence-electron chi connectivity index (χ0n) is 13.6. The highest BCUT2D eigenvalue weighted by Crippen LogP contribution is 2.45. The molecule has 24 heavy (non-hydrogen) atoms. The predicted molar refractivity (Wildman–Crippen MR) is 86.1 cm³/mol. The highest BCUT2D eigenvalue weighted by molar-refractivity contribution is 5.58. The number of alkyl halides is 3. The Labute approximate surface area is 139 Å². The second kappa shape index (κ2) is 5.53. The van der Waals surface area contributed by atoms with Crippen molar-refractivity contribution in [2.24, 2.45) is 7.05 Å². The molecule has 3 nitrogen and oxygen atoms in total. The third-order valence-electron chi connectivity index (χ3n) is 5.27. The minimum atomic E-state index is -4.18.